The number of carbonyl (C=O) groups excluding carboxylic acids is 1. The van der Waals surface area contributed by atoms with Crippen molar-refractivity contribution in [2.45, 2.75) is 31.7 Å². The van der Waals surface area contributed by atoms with E-state index in [0.717, 1.165) is 25.7 Å². The lowest BCUT2D eigenvalue weighted by atomic mass is 10.2. The first kappa shape index (κ1) is 11.4. The van der Waals surface area contributed by atoms with Crippen LogP contribution >= 0.6 is 0 Å². The number of nitrogen functional groups attached to an aromatic ring is 2. The highest BCUT2D eigenvalue weighted by atomic mass is 16.2. The topological polar surface area (TPSA) is 119 Å². The number of rotatable bonds is 2. The molecule has 0 atom stereocenters. The van der Waals surface area contributed by atoms with E-state index in [2.05, 4.69) is 20.6 Å². The van der Waals surface area contributed by atoms with Gasteiger partial charge in [-0.15, -0.1) is 0 Å². The summed E-state index contributed by atoms with van der Waals surface area (Å²) in [5.41, 5.74) is 11.3. The third-order valence-electron chi connectivity index (χ3n) is 2.78. The van der Waals surface area contributed by atoms with Crippen LogP contribution in [0.4, 0.5) is 22.2 Å². The van der Waals surface area contributed by atoms with Gasteiger partial charge in [-0.25, -0.2) is 9.78 Å². The highest BCUT2D eigenvalue weighted by Crippen LogP contribution is 2.18. The third-order valence-corrected chi connectivity index (χ3v) is 2.78. The molecule has 6 N–H and O–H groups in total. The van der Waals surface area contributed by atoms with Crippen molar-refractivity contribution < 1.29 is 4.79 Å². The zero-order valence-electron chi connectivity index (χ0n) is 9.44. The van der Waals surface area contributed by atoms with E-state index in [4.69, 9.17) is 11.5 Å². The van der Waals surface area contributed by atoms with E-state index in [0.29, 0.717) is 5.69 Å². The summed E-state index contributed by atoms with van der Waals surface area (Å²) in [6.07, 6.45) is 5.78. The molecule has 1 fully saturated rings. The maximum absolute atomic E-state index is 11.6. The van der Waals surface area contributed by atoms with Gasteiger partial charge < -0.3 is 22.1 Å². The van der Waals surface area contributed by atoms with E-state index in [-0.39, 0.29) is 23.8 Å². The summed E-state index contributed by atoms with van der Waals surface area (Å²) in [5, 5.41) is 5.49. The lowest BCUT2D eigenvalue weighted by Crippen LogP contribution is -2.36. The molecule has 0 aromatic carbocycles. The Morgan fingerprint density at radius 3 is 2.71 bits per heavy atom. The molecule has 1 aromatic heterocycles. The van der Waals surface area contributed by atoms with Gasteiger partial charge in [0.15, 0.2) is 5.82 Å². The molecule has 0 bridgehead atoms. The van der Waals surface area contributed by atoms with E-state index < -0.39 is 0 Å². The van der Waals surface area contributed by atoms with Crippen LogP contribution in [0, 0.1) is 0 Å². The van der Waals surface area contributed by atoms with Crippen LogP contribution in [0.5, 0.6) is 0 Å². The Labute approximate surface area is 99.0 Å². The summed E-state index contributed by atoms with van der Waals surface area (Å²) >= 11 is 0. The van der Waals surface area contributed by atoms with E-state index in [1.807, 2.05) is 0 Å². The fourth-order valence-corrected chi connectivity index (χ4v) is 1.92. The maximum atomic E-state index is 11.6. The van der Waals surface area contributed by atoms with Gasteiger partial charge >= 0.3 is 6.03 Å². The smallest absolute Gasteiger partial charge is 0.319 e. The molecule has 0 spiro atoms. The fourth-order valence-electron chi connectivity index (χ4n) is 1.92. The number of carbonyl (C=O) groups is 1. The minimum Gasteiger partial charge on any atom is -0.382 e. The quantitative estimate of drug-likeness (QED) is 0.602. The first-order chi connectivity index (χ1) is 8.15. The minimum absolute atomic E-state index is 0.0873. The van der Waals surface area contributed by atoms with Crippen molar-refractivity contribution in [3.8, 4) is 0 Å². The maximum Gasteiger partial charge on any atom is 0.319 e. The van der Waals surface area contributed by atoms with Crippen LogP contribution in [0.2, 0.25) is 0 Å². The lowest BCUT2D eigenvalue weighted by Gasteiger charge is -2.13. The second-order valence-electron chi connectivity index (χ2n) is 4.11. The predicted molar refractivity (Wildman–Crippen MR) is 65.3 cm³/mol. The van der Waals surface area contributed by atoms with E-state index >= 15 is 0 Å². The van der Waals surface area contributed by atoms with Crippen LogP contribution in [0.25, 0.3) is 0 Å². The Balaban J connectivity index is 1.93. The molecule has 7 nitrogen and oxygen atoms in total. The summed E-state index contributed by atoms with van der Waals surface area (Å²) in [7, 11) is 0. The van der Waals surface area contributed by atoms with Gasteiger partial charge in [-0.2, -0.15) is 4.98 Å². The Kier molecular flexibility index (Phi) is 3.27. The Morgan fingerprint density at radius 2 is 2.06 bits per heavy atom. The summed E-state index contributed by atoms with van der Waals surface area (Å²) in [6, 6.07) is -0.0251. The SMILES string of the molecule is Nc1ncc(NC(=O)NC2CCCC2)c(N)n1. The number of anilines is 3. The van der Waals surface area contributed by atoms with Gasteiger partial charge in [-0.05, 0) is 12.8 Å². The largest absolute Gasteiger partial charge is 0.382 e. The van der Waals surface area contributed by atoms with Crippen LogP contribution in [0.1, 0.15) is 25.7 Å². The monoisotopic (exact) mass is 236 g/mol. The molecule has 1 aliphatic rings. The molecular weight excluding hydrogens is 220 g/mol. The molecule has 1 aromatic rings. The standard InChI is InChI=1S/C10H16N6O/c11-8-7(5-13-9(12)16-8)15-10(17)14-6-3-1-2-4-6/h5-6H,1-4H2,(H2,14,15,17)(H4,11,12,13,16). The van der Waals surface area contributed by atoms with Crippen LogP contribution in [0.3, 0.4) is 0 Å². The molecule has 92 valence electrons. The van der Waals surface area contributed by atoms with E-state index in [1.165, 1.54) is 6.20 Å². The van der Waals surface area contributed by atoms with E-state index in [1.54, 1.807) is 0 Å². The van der Waals surface area contributed by atoms with Gasteiger partial charge in [0.2, 0.25) is 5.95 Å². The zero-order valence-corrected chi connectivity index (χ0v) is 9.44. The first-order valence-corrected chi connectivity index (χ1v) is 5.60. The van der Waals surface area contributed by atoms with Crippen LogP contribution in [-0.4, -0.2) is 22.0 Å². The third kappa shape index (κ3) is 2.96. The first-order valence-electron chi connectivity index (χ1n) is 5.60. The molecule has 0 unspecified atom stereocenters. The van der Waals surface area contributed by atoms with Gasteiger partial charge in [-0.3, -0.25) is 0 Å². The second-order valence-corrected chi connectivity index (χ2v) is 4.11. The van der Waals surface area contributed by atoms with Gasteiger partial charge in [0.1, 0.15) is 5.69 Å². The predicted octanol–water partition coefficient (Wildman–Crippen LogP) is 0.705. The Bertz CT molecular complexity index is 415. The van der Waals surface area contributed by atoms with Gasteiger partial charge in [0.25, 0.3) is 0 Å². The lowest BCUT2D eigenvalue weighted by molar-refractivity contribution is 0.248. The molecule has 1 saturated carbocycles. The summed E-state index contributed by atoms with van der Waals surface area (Å²) in [6.45, 7) is 0. The highest BCUT2D eigenvalue weighted by molar-refractivity contribution is 5.91. The van der Waals surface area contributed by atoms with Crippen molar-refractivity contribution in [1.29, 1.82) is 0 Å². The van der Waals surface area contributed by atoms with Crippen molar-refractivity contribution in [2.75, 3.05) is 16.8 Å². The van der Waals surface area contributed by atoms with Crippen LogP contribution in [0.15, 0.2) is 6.20 Å². The molecule has 0 aliphatic heterocycles. The van der Waals surface area contributed by atoms with Crippen LogP contribution in [-0.2, 0) is 0 Å². The van der Waals surface area contributed by atoms with Crippen LogP contribution < -0.4 is 22.1 Å². The average molecular weight is 236 g/mol. The highest BCUT2D eigenvalue weighted by Gasteiger charge is 2.17. The molecule has 7 heteroatoms. The molecular formula is C10H16N6O. The van der Waals surface area contributed by atoms with Crippen molar-refractivity contribution >= 4 is 23.5 Å². The molecule has 0 saturated heterocycles. The number of nitrogens with zero attached hydrogens (tertiary/aromatic N) is 2. The van der Waals surface area contributed by atoms with Gasteiger partial charge in [-0.1, -0.05) is 12.8 Å². The number of aromatic nitrogens is 2. The van der Waals surface area contributed by atoms with Crippen molar-refractivity contribution in [2.24, 2.45) is 0 Å². The van der Waals surface area contributed by atoms with Gasteiger partial charge in [0, 0.05) is 6.04 Å². The number of nitrogens with two attached hydrogens (primary N) is 2. The molecule has 17 heavy (non-hydrogen) atoms. The Hall–Kier alpha value is -2.05. The number of hydrogen-bond acceptors (Lipinski definition) is 5. The summed E-state index contributed by atoms with van der Waals surface area (Å²) < 4.78 is 0. The number of hydrogen-bond donors (Lipinski definition) is 4. The number of amides is 2. The Morgan fingerprint density at radius 1 is 1.35 bits per heavy atom. The van der Waals surface area contributed by atoms with Gasteiger partial charge in [0.05, 0.1) is 6.20 Å². The number of nitrogens with one attached hydrogen (secondary N) is 2. The normalized spacial score (nSPS) is 15.8. The summed E-state index contributed by atoms with van der Waals surface area (Å²) in [4.78, 5) is 19.2. The molecule has 0 radical (unpaired) electrons. The summed E-state index contributed by atoms with van der Waals surface area (Å²) in [5.74, 6) is 0.253. The van der Waals surface area contributed by atoms with Crippen molar-refractivity contribution in [3.05, 3.63) is 6.20 Å². The van der Waals surface area contributed by atoms with Crippen molar-refractivity contribution in [3.63, 3.8) is 0 Å². The van der Waals surface area contributed by atoms with Crippen molar-refractivity contribution in [1.82, 2.24) is 15.3 Å². The minimum atomic E-state index is -0.281. The fraction of sp³-hybridized carbons (Fsp3) is 0.500. The molecule has 2 rings (SSSR count). The molecule has 2 amide bonds. The number of urea groups is 1. The molecule has 1 aliphatic carbocycles. The zero-order chi connectivity index (χ0) is 12.3. The van der Waals surface area contributed by atoms with E-state index in [9.17, 15) is 4.79 Å². The average Bonchev–Trinajstić information content (AvgIpc) is 2.75. The second kappa shape index (κ2) is 4.86. The molecule has 1 heterocycles.